The normalized spacial score (nSPS) is 25.7. The molecule has 1 saturated heterocycles. The number of carboxylic acid groups (broad SMARTS) is 1. The molecule has 3 nitrogen and oxygen atoms in total. The molecule has 0 spiro atoms. The summed E-state index contributed by atoms with van der Waals surface area (Å²) < 4.78 is 0. The molecule has 1 fully saturated rings. The van der Waals surface area contributed by atoms with Gasteiger partial charge in [-0.3, -0.25) is 10.1 Å². The summed E-state index contributed by atoms with van der Waals surface area (Å²) in [5, 5.41) is 13.1. The molecule has 2 rings (SSSR count). The van der Waals surface area contributed by atoms with E-state index in [1.54, 1.807) is 0 Å². The number of rotatable bonds is 4. The Morgan fingerprint density at radius 2 is 2.18 bits per heavy atom. The minimum absolute atomic E-state index is 0.293. The summed E-state index contributed by atoms with van der Waals surface area (Å²) in [5.41, 5.74) is 0.823. The molecular formula is C13H17NO2S. The third kappa shape index (κ3) is 3.01. The maximum Gasteiger partial charge on any atom is 0.325 e. The minimum atomic E-state index is -0.805. The van der Waals surface area contributed by atoms with Crippen LogP contribution in [0.5, 0.6) is 0 Å². The van der Waals surface area contributed by atoms with Crippen LogP contribution in [0.3, 0.4) is 0 Å². The van der Waals surface area contributed by atoms with Crippen LogP contribution in [0.4, 0.5) is 0 Å². The second-order valence-electron chi connectivity index (χ2n) is 4.32. The van der Waals surface area contributed by atoms with Crippen molar-refractivity contribution in [3.8, 4) is 0 Å². The third-order valence-electron chi connectivity index (χ3n) is 3.14. The first-order chi connectivity index (χ1) is 8.18. The van der Waals surface area contributed by atoms with E-state index in [0.717, 1.165) is 17.7 Å². The fourth-order valence-electron chi connectivity index (χ4n) is 2.12. The summed E-state index contributed by atoms with van der Waals surface area (Å²) in [5.74, 6) is 0.306. The van der Waals surface area contributed by atoms with Gasteiger partial charge >= 0.3 is 5.97 Å². The van der Waals surface area contributed by atoms with Crippen molar-refractivity contribution in [2.45, 2.75) is 30.7 Å². The second kappa shape index (κ2) is 5.56. The van der Waals surface area contributed by atoms with E-state index >= 15 is 0 Å². The van der Waals surface area contributed by atoms with Crippen LogP contribution >= 0.6 is 11.8 Å². The van der Waals surface area contributed by atoms with E-state index in [1.807, 2.05) is 42.1 Å². The van der Waals surface area contributed by atoms with Gasteiger partial charge in [-0.05, 0) is 17.7 Å². The Labute approximate surface area is 106 Å². The third-order valence-corrected chi connectivity index (χ3v) is 4.46. The van der Waals surface area contributed by atoms with Crippen molar-refractivity contribution in [1.82, 2.24) is 5.32 Å². The van der Waals surface area contributed by atoms with Gasteiger partial charge < -0.3 is 5.11 Å². The maximum absolute atomic E-state index is 11.3. The first-order valence-electron chi connectivity index (χ1n) is 5.84. The number of hydrogen-bond acceptors (Lipinski definition) is 3. The molecule has 1 aliphatic heterocycles. The smallest absolute Gasteiger partial charge is 0.325 e. The van der Waals surface area contributed by atoms with Crippen molar-refractivity contribution in [1.29, 1.82) is 0 Å². The highest BCUT2D eigenvalue weighted by molar-refractivity contribution is 8.00. The van der Waals surface area contributed by atoms with Crippen molar-refractivity contribution in [3.63, 3.8) is 0 Å². The zero-order chi connectivity index (χ0) is 12.3. The van der Waals surface area contributed by atoms with Crippen molar-refractivity contribution in [3.05, 3.63) is 35.9 Å². The minimum Gasteiger partial charge on any atom is -0.480 e. The summed E-state index contributed by atoms with van der Waals surface area (Å²) in [6.07, 6.45) is 1.04. The first-order valence-corrected chi connectivity index (χ1v) is 6.89. The predicted octanol–water partition coefficient (Wildman–Crippen LogP) is 2.30. The van der Waals surface area contributed by atoms with Crippen LogP contribution in [-0.2, 0) is 4.79 Å². The number of carbonyl (C=O) groups is 1. The van der Waals surface area contributed by atoms with Gasteiger partial charge in [-0.1, -0.05) is 37.3 Å². The largest absolute Gasteiger partial charge is 0.480 e. The molecule has 0 aliphatic carbocycles. The Morgan fingerprint density at radius 1 is 1.47 bits per heavy atom. The Hall–Kier alpha value is -1.00. The molecule has 4 heteroatoms. The molecule has 0 amide bonds. The molecule has 1 aromatic carbocycles. The van der Waals surface area contributed by atoms with Gasteiger partial charge in [-0.25, -0.2) is 0 Å². The van der Waals surface area contributed by atoms with E-state index in [-0.39, 0.29) is 0 Å². The van der Waals surface area contributed by atoms with Gasteiger partial charge in [0.1, 0.15) is 6.04 Å². The lowest BCUT2D eigenvalue weighted by molar-refractivity contribution is -0.139. The molecule has 0 radical (unpaired) electrons. The molecule has 92 valence electrons. The second-order valence-corrected chi connectivity index (χ2v) is 5.80. The Bertz CT molecular complexity index is 382. The zero-order valence-electron chi connectivity index (χ0n) is 9.80. The maximum atomic E-state index is 11.3. The van der Waals surface area contributed by atoms with Gasteiger partial charge in [0.2, 0.25) is 0 Å². The Morgan fingerprint density at radius 3 is 2.71 bits per heavy atom. The summed E-state index contributed by atoms with van der Waals surface area (Å²) in [6, 6.07) is 9.07. The van der Waals surface area contributed by atoms with Crippen LogP contribution in [0.1, 0.15) is 24.9 Å². The number of benzene rings is 1. The number of nitrogens with one attached hydrogen (secondary N) is 1. The standard InChI is InChI=1S/C13H17NO2S/c1-9-11(7-8-17-9)14-12(13(15)16)10-5-3-2-4-6-10/h2-6,9,11-12,14H,7-8H2,1H3,(H,15,16). The highest BCUT2D eigenvalue weighted by Crippen LogP contribution is 2.28. The van der Waals surface area contributed by atoms with Gasteiger partial charge in [-0.2, -0.15) is 11.8 Å². The van der Waals surface area contributed by atoms with Gasteiger partial charge in [0.25, 0.3) is 0 Å². The van der Waals surface area contributed by atoms with Crippen LogP contribution < -0.4 is 5.32 Å². The Kier molecular flexibility index (Phi) is 4.07. The van der Waals surface area contributed by atoms with Crippen molar-refractivity contribution in [2.24, 2.45) is 0 Å². The highest BCUT2D eigenvalue weighted by Gasteiger charge is 2.29. The topological polar surface area (TPSA) is 49.3 Å². The van der Waals surface area contributed by atoms with Gasteiger partial charge in [-0.15, -0.1) is 0 Å². The Balaban J connectivity index is 2.11. The molecule has 1 aliphatic rings. The average molecular weight is 251 g/mol. The molecule has 3 unspecified atom stereocenters. The molecule has 17 heavy (non-hydrogen) atoms. The van der Waals surface area contributed by atoms with E-state index in [0.29, 0.717) is 11.3 Å². The quantitative estimate of drug-likeness (QED) is 0.862. The fraction of sp³-hybridized carbons (Fsp3) is 0.462. The van der Waals surface area contributed by atoms with E-state index in [1.165, 1.54) is 0 Å². The lowest BCUT2D eigenvalue weighted by Gasteiger charge is -2.22. The van der Waals surface area contributed by atoms with Crippen molar-refractivity contribution >= 4 is 17.7 Å². The molecule has 3 atom stereocenters. The summed E-state index contributed by atoms with van der Waals surface area (Å²) in [4.78, 5) is 11.3. The molecule has 0 aromatic heterocycles. The SMILES string of the molecule is CC1SCCC1NC(C(=O)O)c1ccccc1. The molecule has 2 N–H and O–H groups in total. The lowest BCUT2D eigenvalue weighted by Crippen LogP contribution is -2.39. The van der Waals surface area contributed by atoms with Crippen LogP contribution in [0.2, 0.25) is 0 Å². The first kappa shape index (κ1) is 12.5. The van der Waals surface area contributed by atoms with Crippen molar-refractivity contribution < 1.29 is 9.90 Å². The molecule has 0 bridgehead atoms. The zero-order valence-corrected chi connectivity index (χ0v) is 10.6. The number of aliphatic carboxylic acids is 1. The van der Waals surface area contributed by atoms with Crippen LogP contribution in [0.15, 0.2) is 30.3 Å². The average Bonchev–Trinajstić information content (AvgIpc) is 2.72. The van der Waals surface area contributed by atoms with E-state index < -0.39 is 12.0 Å². The van der Waals surface area contributed by atoms with E-state index in [9.17, 15) is 9.90 Å². The van der Waals surface area contributed by atoms with Crippen LogP contribution in [-0.4, -0.2) is 28.1 Å². The molecular weight excluding hydrogens is 234 g/mol. The summed E-state index contributed by atoms with van der Waals surface area (Å²) in [6.45, 7) is 2.15. The summed E-state index contributed by atoms with van der Waals surface area (Å²) >= 11 is 1.90. The number of carboxylic acids is 1. The number of thioether (sulfide) groups is 1. The van der Waals surface area contributed by atoms with Crippen LogP contribution in [0.25, 0.3) is 0 Å². The van der Waals surface area contributed by atoms with Crippen molar-refractivity contribution in [2.75, 3.05) is 5.75 Å². The monoisotopic (exact) mass is 251 g/mol. The van der Waals surface area contributed by atoms with Gasteiger partial charge in [0.05, 0.1) is 0 Å². The van der Waals surface area contributed by atoms with E-state index in [2.05, 4.69) is 12.2 Å². The highest BCUT2D eigenvalue weighted by atomic mass is 32.2. The molecule has 0 saturated carbocycles. The molecule has 1 aromatic rings. The predicted molar refractivity (Wildman–Crippen MR) is 70.3 cm³/mol. The van der Waals surface area contributed by atoms with Gasteiger partial charge in [0.15, 0.2) is 0 Å². The molecule has 1 heterocycles. The number of hydrogen-bond donors (Lipinski definition) is 2. The van der Waals surface area contributed by atoms with Crippen LogP contribution in [0, 0.1) is 0 Å². The summed E-state index contributed by atoms with van der Waals surface area (Å²) in [7, 11) is 0. The van der Waals surface area contributed by atoms with Gasteiger partial charge in [0, 0.05) is 11.3 Å². The lowest BCUT2D eigenvalue weighted by atomic mass is 10.0. The van der Waals surface area contributed by atoms with E-state index in [4.69, 9.17) is 0 Å². The fourth-order valence-corrected chi connectivity index (χ4v) is 3.33.